The molecular weight excluding hydrogens is 530 g/mol. The number of hydrogen-bond donors (Lipinski definition) is 4. The summed E-state index contributed by atoms with van der Waals surface area (Å²) in [4.78, 5) is 23.6. The average molecular weight is 570 g/mol. The summed E-state index contributed by atoms with van der Waals surface area (Å²) >= 11 is 6.23. The molecule has 2 heterocycles. The van der Waals surface area contributed by atoms with Gasteiger partial charge < -0.3 is 26.3 Å². The van der Waals surface area contributed by atoms with Crippen molar-refractivity contribution in [1.29, 1.82) is 0 Å². The molecule has 10 nitrogen and oxygen atoms in total. The molecule has 2 aromatic rings. The van der Waals surface area contributed by atoms with Crippen molar-refractivity contribution in [2.24, 2.45) is 10.7 Å². The van der Waals surface area contributed by atoms with Gasteiger partial charge in [0.05, 0.1) is 24.4 Å². The Morgan fingerprint density at radius 1 is 1.18 bits per heavy atom. The summed E-state index contributed by atoms with van der Waals surface area (Å²) in [5.41, 5.74) is 11.2. The maximum absolute atomic E-state index is 11.1. The van der Waals surface area contributed by atoms with E-state index in [4.69, 9.17) is 27.2 Å². The van der Waals surface area contributed by atoms with Gasteiger partial charge in [-0.05, 0) is 38.3 Å². The predicted molar refractivity (Wildman–Crippen MR) is 161 cm³/mol. The number of halogens is 1. The molecule has 11 heteroatoms. The number of nitrogens with one attached hydrogen (secondary N) is 2. The zero-order valence-electron chi connectivity index (χ0n) is 23.2. The summed E-state index contributed by atoms with van der Waals surface area (Å²) in [6.07, 6.45) is 18.8. The van der Waals surface area contributed by atoms with Gasteiger partial charge in [0.25, 0.3) is 0 Å². The van der Waals surface area contributed by atoms with Crippen molar-refractivity contribution in [2.75, 3.05) is 37.0 Å². The van der Waals surface area contributed by atoms with Crippen LogP contribution < -0.4 is 16.5 Å². The van der Waals surface area contributed by atoms with E-state index in [2.05, 4.69) is 43.6 Å². The van der Waals surface area contributed by atoms with Gasteiger partial charge in [-0.3, -0.25) is 0 Å². The van der Waals surface area contributed by atoms with Crippen molar-refractivity contribution < 1.29 is 14.6 Å². The SMILES string of the molecule is C#C.C1CCCCC1.CCNc1c(NN2CCOCC23CCC3)nc(/C(N)=N/C(=O)O)nc1-c1cccc(Cl)c1. The topological polar surface area (TPSA) is 138 Å². The Labute approximate surface area is 241 Å². The number of rotatable bonds is 6. The van der Waals surface area contributed by atoms with Crippen LogP contribution in [-0.2, 0) is 4.74 Å². The maximum atomic E-state index is 11.1. The molecule has 0 unspecified atom stereocenters. The third kappa shape index (κ3) is 8.07. The minimum absolute atomic E-state index is 0.0162. The highest BCUT2D eigenvalue weighted by molar-refractivity contribution is 6.30. The molecule has 5 N–H and O–H groups in total. The molecule has 3 aliphatic rings. The number of morpholine rings is 1. The number of amides is 1. The highest BCUT2D eigenvalue weighted by Crippen LogP contribution is 2.41. The van der Waals surface area contributed by atoms with Gasteiger partial charge in [-0.15, -0.1) is 12.8 Å². The molecular formula is C29H40ClN7O3. The predicted octanol–water partition coefficient (Wildman–Crippen LogP) is 5.78. The van der Waals surface area contributed by atoms with Gasteiger partial charge in [0.15, 0.2) is 17.5 Å². The van der Waals surface area contributed by atoms with Crippen molar-refractivity contribution in [3.63, 3.8) is 0 Å². The van der Waals surface area contributed by atoms with Crippen LogP contribution in [-0.4, -0.2) is 63.9 Å². The Hall–Kier alpha value is -3.39. The highest BCUT2D eigenvalue weighted by Gasteiger charge is 2.45. The first kappa shape index (κ1) is 31.1. The number of hydrazine groups is 1. The van der Waals surface area contributed by atoms with Crippen LogP contribution in [0.25, 0.3) is 11.3 Å². The molecule has 1 aromatic heterocycles. The monoisotopic (exact) mass is 569 g/mol. The Bertz CT molecular complexity index is 1170. The number of nitrogens with two attached hydrogens (primary N) is 1. The van der Waals surface area contributed by atoms with E-state index >= 15 is 0 Å². The van der Waals surface area contributed by atoms with Crippen LogP contribution in [0, 0.1) is 12.8 Å². The Morgan fingerprint density at radius 3 is 2.40 bits per heavy atom. The Kier molecular flexibility index (Phi) is 12.0. The largest absolute Gasteiger partial charge is 0.463 e. The molecule has 1 spiro atoms. The molecule has 216 valence electrons. The smallest absolute Gasteiger partial charge is 0.433 e. The molecule has 40 heavy (non-hydrogen) atoms. The number of terminal acetylenes is 1. The number of aromatic nitrogens is 2. The van der Waals surface area contributed by atoms with E-state index in [0.717, 1.165) is 24.8 Å². The van der Waals surface area contributed by atoms with E-state index in [-0.39, 0.29) is 17.2 Å². The third-order valence-corrected chi connectivity index (χ3v) is 7.47. The fourth-order valence-electron chi connectivity index (χ4n) is 5.09. The lowest BCUT2D eigenvalue weighted by atomic mass is 9.76. The molecule has 1 amide bonds. The molecule has 2 saturated carbocycles. The first-order valence-electron chi connectivity index (χ1n) is 13.9. The standard InChI is InChI=1S/C21H26ClN7O3.C6H12.C2H2/c1-2-24-16-15(13-5-3-6-14(22)11-13)25-19(17(23)26-20(30)31)27-18(16)28-29-9-10-32-12-21(29)7-4-8-21;1-2-4-6-5-3-1;1-2/h3,5-6,11,24H,2,4,7-10,12H2,1H3,(H2,23,26)(H,30,31)(H,25,27,28);1-6H2;1-2H. The summed E-state index contributed by atoms with van der Waals surface area (Å²) < 4.78 is 5.74. The lowest BCUT2D eigenvalue weighted by Crippen LogP contribution is -2.62. The number of aliphatic imine (C=N–C) groups is 1. The fourth-order valence-corrected chi connectivity index (χ4v) is 5.28. The number of anilines is 2. The number of amidine groups is 1. The number of ether oxygens (including phenoxy) is 1. The summed E-state index contributed by atoms with van der Waals surface area (Å²) in [6, 6.07) is 7.25. The normalized spacial score (nSPS) is 18.2. The quantitative estimate of drug-likeness (QED) is 0.193. The van der Waals surface area contributed by atoms with Crippen molar-refractivity contribution in [3.8, 4) is 24.1 Å². The summed E-state index contributed by atoms with van der Waals surface area (Å²) in [7, 11) is 0. The summed E-state index contributed by atoms with van der Waals surface area (Å²) in [6.45, 7) is 4.54. The van der Waals surface area contributed by atoms with Gasteiger partial charge in [-0.1, -0.05) is 62.3 Å². The molecule has 0 bridgehead atoms. The van der Waals surface area contributed by atoms with Crippen LogP contribution >= 0.6 is 11.6 Å². The van der Waals surface area contributed by atoms with Gasteiger partial charge >= 0.3 is 6.09 Å². The molecule has 1 saturated heterocycles. The van der Waals surface area contributed by atoms with Crippen LogP contribution in [0.15, 0.2) is 29.3 Å². The molecule has 0 atom stereocenters. The van der Waals surface area contributed by atoms with Gasteiger partial charge in [0, 0.05) is 23.7 Å². The summed E-state index contributed by atoms with van der Waals surface area (Å²) in [5.74, 6) is 0.221. The molecule has 2 aliphatic carbocycles. The number of carbonyl (C=O) groups is 1. The maximum Gasteiger partial charge on any atom is 0.433 e. The Morgan fingerprint density at radius 2 is 1.85 bits per heavy atom. The number of benzene rings is 1. The van der Waals surface area contributed by atoms with E-state index in [1.807, 2.05) is 19.1 Å². The fraction of sp³-hybridized carbons (Fsp3) is 0.517. The second-order valence-electron chi connectivity index (χ2n) is 9.95. The Balaban J connectivity index is 0.000000481. The zero-order valence-corrected chi connectivity index (χ0v) is 23.9. The molecule has 0 radical (unpaired) electrons. The highest BCUT2D eigenvalue weighted by atomic mass is 35.5. The van der Waals surface area contributed by atoms with Crippen molar-refractivity contribution in [2.45, 2.75) is 70.3 Å². The van der Waals surface area contributed by atoms with E-state index in [0.29, 0.717) is 48.5 Å². The zero-order chi connectivity index (χ0) is 29.0. The minimum Gasteiger partial charge on any atom is -0.463 e. The second-order valence-corrected chi connectivity index (χ2v) is 10.4. The van der Waals surface area contributed by atoms with Gasteiger partial charge in [0.2, 0.25) is 0 Å². The lowest BCUT2D eigenvalue weighted by molar-refractivity contribution is -0.0946. The van der Waals surface area contributed by atoms with Crippen LogP contribution in [0.3, 0.4) is 0 Å². The van der Waals surface area contributed by atoms with Gasteiger partial charge in [0.1, 0.15) is 5.69 Å². The second kappa shape index (κ2) is 15.4. The molecule has 1 aromatic carbocycles. The molecule has 5 rings (SSSR count). The third-order valence-electron chi connectivity index (χ3n) is 7.23. The van der Waals surface area contributed by atoms with Gasteiger partial charge in [-0.25, -0.2) is 19.8 Å². The lowest BCUT2D eigenvalue weighted by Gasteiger charge is -2.52. The van der Waals surface area contributed by atoms with Crippen molar-refractivity contribution in [3.05, 3.63) is 35.1 Å². The summed E-state index contributed by atoms with van der Waals surface area (Å²) in [5, 5.41) is 15.1. The van der Waals surface area contributed by atoms with E-state index in [9.17, 15) is 4.79 Å². The van der Waals surface area contributed by atoms with E-state index in [1.165, 1.54) is 38.5 Å². The minimum atomic E-state index is -1.41. The van der Waals surface area contributed by atoms with Crippen LogP contribution in [0.2, 0.25) is 5.02 Å². The average Bonchev–Trinajstić information content (AvgIpc) is 2.95. The molecule has 1 aliphatic heterocycles. The van der Waals surface area contributed by atoms with Gasteiger partial charge in [-0.2, -0.15) is 4.99 Å². The molecule has 3 fully saturated rings. The number of hydrogen-bond acceptors (Lipinski definition) is 7. The van der Waals surface area contributed by atoms with Crippen LogP contribution in [0.4, 0.5) is 16.3 Å². The van der Waals surface area contributed by atoms with E-state index in [1.54, 1.807) is 12.1 Å². The first-order valence-corrected chi connectivity index (χ1v) is 14.2. The number of nitrogens with zero attached hydrogens (tertiary/aromatic N) is 4. The van der Waals surface area contributed by atoms with Crippen LogP contribution in [0.5, 0.6) is 0 Å². The van der Waals surface area contributed by atoms with Crippen molar-refractivity contribution in [1.82, 2.24) is 15.0 Å². The first-order chi connectivity index (χ1) is 19.4. The van der Waals surface area contributed by atoms with Crippen LogP contribution in [0.1, 0.15) is 70.5 Å². The van der Waals surface area contributed by atoms with E-state index < -0.39 is 6.09 Å². The number of carboxylic acid groups (broad SMARTS) is 1. The van der Waals surface area contributed by atoms with Crippen molar-refractivity contribution >= 4 is 35.0 Å².